The molecule has 4 nitrogen and oxygen atoms in total. The third-order valence-corrected chi connectivity index (χ3v) is 5.35. The summed E-state index contributed by atoms with van der Waals surface area (Å²) in [4.78, 5) is 23.8. The van der Waals surface area contributed by atoms with Crippen LogP contribution in [-0.4, -0.2) is 27.3 Å². The lowest BCUT2D eigenvalue weighted by atomic mass is 10.1. The van der Waals surface area contributed by atoms with Crippen LogP contribution in [0, 0.1) is 6.92 Å². The Morgan fingerprint density at radius 1 is 1.04 bits per heavy atom. The first-order chi connectivity index (χ1) is 13.7. The topological polar surface area (TPSA) is 46.1 Å². The summed E-state index contributed by atoms with van der Waals surface area (Å²) in [7, 11) is 0. The molecule has 0 bridgehead atoms. The number of nitrogens with zero attached hydrogens (tertiary/aromatic N) is 3. The van der Waals surface area contributed by atoms with Crippen molar-refractivity contribution in [1.29, 1.82) is 0 Å². The molecular formula is C24H25N3O. The monoisotopic (exact) mass is 371 g/mol. The number of aromatic nitrogens is 2. The molecule has 1 fully saturated rings. The number of hydrogen-bond donors (Lipinski definition) is 0. The van der Waals surface area contributed by atoms with Gasteiger partial charge in [0, 0.05) is 31.1 Å². The molecule has 1 saturated heterocycles. The average Bonchev–Trinajstić information content (AvgIpc) is 3.21. The number of pyridine rings is 2. The fraction of sp³-hybridized carbons (Fsp3) is 0.292. The van der Waals surface area contributed by atoms with Gasteiger partial charge in [-0.2, -0.15) is 0 Å². The predicted molar refractivity (Wildman–Crippen MR) is 110 cm³/mol. The lowest BCUT2D eigenvalue weighted by Gasteiger charge is -2.25. The Bertz CT molecular complexity index is 938. The van der Waals surface area contributed by atoms with Crippen LogP contribution in [-0.2, 0) is 17.6 Å². The van der Waals surface area contributed by atoms with Gasteiger partial charge in [-0.05, 0) is 55.2 Å². The minimum atomic E-state index is 0.0762. The summed E-state index contributed by atoms with van der Waals surface area (Å²) in [5, 5.41) is 0. The van der Waals surface area contributed by atoms with E-state index in [0.29, 0.717) is 6.42 Å². The van der Waals surface area contributed by atoms with Crippen molar-refractivity contribution in [3.05, 3.63) is 95.1 Å². The van der Waals surface area contributed by atoms with Gasteiger partial charge < -0.3 is 4.90 Å². The first-order valence-electron chi connectivity index (χ1n) is 9.89. The molecule has 1 amide bonds. The molecule has 28 heavy (non-hydrogen) atoms. The zero-order valence-corrected chi connectivity index (χ0v) is 16.2. The number of carbonyl (C=O) groups is 1. The highest BCUT2D eigenvalue weighted by atomic mass is 16.2. The Kier molecular flexibility index (Phi) is 5.47. The van der Waals surface area contributed by atoms with E-state index in [0.717, 1.165) is 42.8 Å². The highest BCUT2D eigenvalue weighted by Gasteiger charge is 2.30. The lowest BCUT2D eigenvalue weighted by molar-refractivity contribution is -0.131. The van der Waals surface area contributed by atoms with Gasteiger partial charge in [-0.25, -0.2) is 0 Å². The van der Waals surface area contributed by atoms with E-state index in [4.69, 9.17) is 4.98 Å². The number of aryl methyl sites for hydroxylation is 1. The summed E-state index contributed by atoms with van der Waals surface area (Å²) in [5.74, 6) is 0.166. The van der Waals surface area contributed by atoms with E-state index in [2.05, 4.69) is 54.4 Å². The van der Waals surface area contributed by atoms with Crippen LogP contribution in [0.4, 0.5) is 0 Å². The Morgan fingerprint density at radius 3 is 2.61 bits per heavy atom. The minimum absolute atomic E-state index is 0.0762. The zero-order chi connectivity index (χ0) is 19.3. The van der Waals surface area contributed by atoms with E-state index in [-0.39, 0.29) is 11.9 Å². The van der Waals surface area contributed by atoms with Crippen molar-refractivity contribution >= 4 is 5.91 Å². The maximum Gasteiger partial charge on any atom is 0.227 e. The molecule has 142 valence electrons. The van der Waals surface area contributed by atoms with Crippen LogP contribution < -0.4 is 0 Å². The molecule has 1 aliphatic heterocycles. The van der Waals surface area contributed by atoms with Crippen molar-refractivity contribution in [1.82, 2.24) is 14.9 Å². The Balaban J connectivity index is 1.49. The normalized spacial score (nSPS) is 16.3. The van der Waals surface area contributed by atoms with E-state index >= 15 is 0 Å². The van der Waals surface area contributed by atoms with Crippen molar-refractivity contribution in [2.75, 3.05) is 6.54 Å². The zero-order valence-electron chi connectivity index (χ0n) is 16.2. The number of benzene rings is 1. The first-order valence-corrected chi connectivity index (χ1v) is 9.89. The highest BCUT2D eigenvalue weighted by Crippen LogP contribution is 2.31. The van der Waals surface area contributed by atoms with Crippen molar-refractivity contribution in [2.24, 2.45) is 0 Å². The second-order valence-corrected chi connectivity index (χ2v) is 7.49. The first kappa shape index (κ1) is 18.4. The molecular weight excluding hydrogens is 346 g/mol. The van der Waals surface area contributed by atoms with Gasteiger partial charge in [0.15, 0.2) is 0 Å². The Hall–Kier alpha value is -3.01. The molecule has 0 spiro atoms. The average molecular weight is 371 g/mol. The van der Waals surface area contributed by atoms with Crippen LogP contribution in [0.2, 0.25) is 0 Å². The standard InChI is InChI=1S/C24H25N3O/c1-18-7-9-19(10-8-18)16-21-4-2-5-22(26-21)23-6-3-15-27(23)24(28)17-20-11-13-25-14-12-20/h2,4-5,7-14,23H,3,6,15-17H2,1H3. The molecule has 0 saturated carbocycles. The second kappa shape index (κ2) is 8.34. The fourth-order valence-electron chi connectivity index (χ4n) is 3.85. The largest absolute Gasteiger partial charge is 0.334 e. The summed E-state index contributed by atoms with van der Waals surface area (Å²) in [6, 6.07) is 18.7. The molecule has 3 heterocycles. The van der Waals surface area contributed by atoms with E-state index in [1.807, 2.05) is 17.0 Å². The maximum atomic E-state index is 12.9. The van der Waals surface area contributed by atoms with Gasteiger partial charge in [-0.15, -0.1) is 0 Å². The molecule has 1 aliphatic rings. The van der Waals surface area contributed by atoms with Gasteiger partial charge in [0.1, 0.15) is 0 Å². The van der Waals surface area contributed by atoms with Gasteiger partial charge in [0.05, 0.1) is 18.2 Å². The quantitative estimate of drug-likeness (QED) is 0.672. The van der Waals surface area contributed by atoms with Gasteiger partial charge >= 0.3 is 0 Å². The summed E-state index contributed by atoms with van der Waals surface area (Å²) in [6.45, 7) is 2.90. The molecule has 0 radical (unpaired) electrons. The smallest absolute Gasteiger partial charge is 0.227 e. The van der Waals surface area contributed by atoms with Gasteiger partial charge in [-0.1, -0.05) is 35.9 Å². The highest BCUT2D eigenvalue weighted by molar-refractivity contribution is 5.79. The number of amides is 1. The van der Waals surface area contributed by atoms with Crippen LogP contribution in [0.25, 0.3) is 0 Å². The third-order valence-electron chi connectivity index (χ3n) is 5.35. The summed E-state index contributed by atoms with van der Waals surface area (Å²) in [6.07, 6.45) is 6.70. The lowest BCUT2D eigenvalue weighted by Crippen LogP contribution is -2.32. The second-order valence-electron chi connectivity index (χ2n) is 7.49. The molecule has 1 aromatic carbocycles. The fourth-order valence-corrected chi connectivity index (χ4v) is 3.85. The predicted octanol–water partition coefficient (Wildman–Crippen LogP) is 4.28. The molecule has 3 aromatic rings. The van der Waals surface area contributed by atoms with E-state index in [1.165, 1.54) is 11.1 Å². The summed E-state index contributed by atoms with van der Waals surface area (Å²) < 4.78 is 0. The summed E-state index contributed by atoms with van der Waals surface area (Å²) >= 11 is 0. The van der Waals surface area contributed by atoms with Crippen LogP contribution in [0.3, 0.4) is 0 Å². The van der Waals surface area contributed by atoms with Crippen LogP contribution in [0.5, 0.6) is 0 Å². The van der Waals surface area contributed by atoms with Crippen LogP contribution in [0.15, 0.2) is 67.0 Å². The Morgan fingerprint density at radius 2 is 1.82 bits per heavy atom. The van der Waals surface area contributed by atoms with Gasteiger partial charge in [0.2, 0.25) is 5.91 Å². The number of carbonyl (C=O) groups excluding carboxylic acids is 1. The SMILES string of the molecule is Cc1ccc(Cc2cccc(C3CCCN3C(=O)Cc3ccncc3)n2)cc1. The van der Waals surface area contributed by atoms with Crippen LogP contribution in [0.1, 0.15) is 47.0 Å². The molecule has 4 heteroatoms. The third kappa shape index (κ3) is 4.28. The summed E-state index contributed by atoms with van der Waals surface area (Å²) in [5.41, 5.74) is 5.58. The van der Waals surface area contributed by atoms with E-state index in [1.54, 1.807) is 12.4 Å². The number of rotatable bonds is 5. The van der Waals surface area contributed by atoms with E-state index in [9.17, 15) is 4.79 Å². The molecule has 0 N–H and O–H groups in total. The molecule has 0 aliphatic carbocycles. The van der Waals surface area contributed by atoms with Crippen molar-refractivity contribution in [3.63, 3.8) is 0 Å². The Labute approximate surface area is 166 Å². The van der Waals surface area contributed by atoms with Gasteiger partial charge in [-0.3, -0.25) is 14.8 Å². The maximum absolute atomic E-state index is 12.9. The van der Waals surface area contributed by atoms with Crippen molar-refractivity contribution < 1.29 is 4.79 Å². The number of likely N-dealkylation sites (tertiary alicyclic amines) is 1. The minimum Gasteiger partial charge on any atom is -0.334 e. The van der Waals surface area contributed by atoms with Gasteiger partial charge in [0.25, 0.3) is 0 Å². The molecule has 1 atom stereocenters. The molecule has 2 aromatic heterocycles. The van der Waals surface area contributed by atoms with E-state index < -0.39 is 0 Å². The molecule has 1 unspecified atom stereocenters. The van der Waals surface area contributed by atoms with Crippen LogP contribution >= 0.6 is 0 Å². The van der Waals surface area contributed by atoms with Crippen molar-refractivity contribution in [2.45, 2.75) is 38.6 Å². The molecule has 4 rings (SSSR count). The van der Waals surface area contributed by atoms with Crippen molar-refractivity contribution in [3.8, 4) is 0 Å². The number of hydrogen-bond acceptors (Lipinski definition) is 3.